The van der Waals surface area contributed by atoms with Crippen LogP contribution in [-0.2, 0) is 11.3 Å². The molecule has 1 unspecified atom stereocenters. The van der Waals surface area contributed by atoms with Crippen LogP contribution < -0.4 is 0 Å². The summed E-state index contributed by atoms with van der Waals surface area (Å²) in [5.41, 5.74) is 2.89. The fourth-order valence-electron chi connectivity index (χ4n) is 3.54. The molecule has 0 spiro atoms. The van der Waals surface area contributed by atoms with E-state index in [1.165, 1.54) is 0 Å². The highest BCUT2D eigenvalue weighted by molar-refractivity contribution is 5.76. The quantitative estimate of drug-likeness (QED) is 0.784. The fraction of sp³-hybridized carbons (Fsp3) is 0.368. The second-order valence-corrected chi connectivity index (χ2v) is 6.74. The highest BCUT2D eigenvalue weighted by Gasteiger charge is 2.32. The molecule has 2 aromatic heterocycles. The van der Waals surface area contributed by atoms with Gasteiger partial charge in [0.25, 0.3) is 0 Å². The van der Waals surface area contributed by atoms with E-state index in [4.69, 9.17) is 0 Å². The standard InChI is InChI=1S/C19H22N6O/c1-13-11-14(2)25(23-13)12-17(26)24-10-6-9-16(24)19-20-18(21-22-19)15-7-4-3-5-8-15/h3-5,7-8,11,16H,6,9-10,12H2,1-2H3,(H,20,21,22). The van der Waals surface area contributed by atoms with Gasteiger partial charge < -0.3 is 4.90 Å². The van der Waals surface area contributed by atoms with Crippen molar-refractivity contribution >= 4 is 5.91 Å². The van der Waals surface area contributed by atoms with Crippen LogP contribution in [0, 0.1) is 13.8 Å². The summed E-state index contributed by atoms with van der Waals surface area (Å²) < 4.78 is 1.77. The molecule has 26 heavy (non-hydrogen) atoms. The maximum absolute atomic E-state index is 12.8. The van der Waals surface area contributed by atoms with Crippen LogP contribution in [0.4, 0.5) is 0 Å². The van der Waals surface area contributed by atoms with Gasteiger partial charge in [-0.15, -0.1) is 0 Å². The van der Waals surface area contributed by atoms with Crippen molar-refractivity contribution in [2.24, 2.45) is 0 Å². The van der Waals surface area contributed by atoms with E-state index in [0.29, 0.717) is 5.82 Å². The monoisotopic (exact) mass is 350 g/mol. The fourth-order valence-corrected chi connectivity index (χ4v) is 3.54. The van der Waals surface area contributed by atoms with Gasteiger partial charge in [-0.05, 0) is 32.8 Å². The third kappa shape index (κ3) is 3.12. The highest BCUT2D eigenvalue weighted by Crippen LogP contribution is 2.31. The minimum Gasteiger partial charge on any atom is -0.331 e. The number of aryl methyl sites for hydroxylation is 2. The van der Waals surface area contributed by atoms with Crippen LogP contribution in [0.15, 0.2) is 36.4 Å². The molecule has 7 nitrogen and oxygen atoms in total. The summed E-state index contributed by atoms with van der Waals surface area (Å²) in [5, 5.41) is 11.8. The molecule has 1 aliphatic heterocycles. The molecule has 0 radical (unpaired) electrons. The number of likely N-dealkylation sites (tertiary alicyclic amines) is 1. The minimum absolute atomic E-state index is 0.0515. The Hall–Kier alpha value is -2.96. The van der Waals surface area contributed by atoms with E-state index in [1.807, 2.05) is 55.1 Å². The first kappa shape index (κ1) is 16.5. The maximum atomic E-state index is 12.8. The summed E-state index contributed by atoms with van der Waals surface area (Å²) in [6.07, 6.45) is 1.86. The molecule has 3 aromatic rings. The number of rotatable bonds is 4. The molecule has 1 atom stereocenters. The Morgan fingerprint density at radius 2 is 2.08 bits per heavy atom. The Morgan fingerprint density at radius 3 is 2.81 bits per heavy atom. The molecule has 1 amide bonds. The lowest BCUT2D eigenvalue weighted by Crippen LogP contribution is -2.34. The minimum atomic E-state index is -0.0515. The summed E-state index contributed by atoms with van der Waals surface area (Å²) in [6, 6.07) is 11.8. The number of carbonyl (C=O) groups is 1. The Bertz CT molecular complexity index is 913. The van der Waals surface area contributed by atoms with Gasteiger partial charge in [-0.1, -0.05) is 30.3 Å². The van der Waals surface area contributed by atoms with Gasteiger partial charge in [0.1, 0.15) is 12.4 Å². The Balaban J connectivity index is 1.52. The van der Waals surface area contributed by atoms with Crippen LogP contribution in [0.5, 0.6) is 0 Å². The molecule has 134 valence electrons. The molecule has 1 N–H and O–H groups in total. The van der Waals surface area contributed by atoms with Crippen LogP contribution in [0.3, 0.4) is 0 Å². The number of aromatic amines is 1. The summed E-state index contributed by atoms with van der Waals surface area (Å²) in [7, 11) is 0. The van der Waals surface area contributed by atoms with E-state index < -0.39 is 0 Å². The zero-order valence-electron chi connectivity index (χ0n) is 15.0. The largest absolute Gasteiger partial charge is 0.331 e. The second-order valence-electron chi connectivity index (χ2n) is 6.74. The predicted molar refractivity (Wildman–Crippen MR) is 97.2 cm³/mol. The summed E-state index contributed by atoms with van der Waals surface area (Å²) in [4.78, 5) is 19.4. The summed E-state index contributed by atoms with van der Waals surface area (Å²) >= 11 is 0. The molecular formula is C19H22N6O. The molecule has 3 heterocycles. The van der Waals surface area contributed by atoms with Crippen molar-refractivity contribution in [3.63, 3.8) is 0 Å². The van der Waals surface area contributed by atoms with Crippen LogP contribution >= 0.6 is 0 Å². The average molecular weight is 350 g/mol. The van der Waals surface area contributed by atoms with Crippen molar-refractivity contribution < 1.29 is 4.79 Å². The molecule has 1 saturated heterocycles. The van der Waals surface area contributed by atoms with Crippen molar-refractivity contribution in [1.29, 1.82) is 0 Å². The lowest BCUT2D eigenvalue weighted by atomic mass is 10.2. The topological polar surface area (TPSA) is 79.7 Å². The molecule has 0 aliphatic carbocycles. The molecule has 1 fully saturated rings. The lowest BCUT2D eigenvalue weighted by Gasteiger charge is -2.23. The molecular weight excluding hydrogens is 328 g/mol. The van der Waals surface area contributed by atoms with Crippen LogP contribution in [0.25, 0.3) is 11.4 Å². The van der Waals surface area contributed by atoms with E-state index in [-0.39, 0.29) is 18.5 Å². The maximum Gasteiger partial charge on any atom is 0.244 e. The first-order chi connectivity index (χ1) is 12.6. The molecule has 4 rings (SSSR count). The van der Waals surface area contributed by atoms with Gasteiger partial charge in [-0.2, -0.15) is 10.2 Å². The normalized spacial score (nSPS) is 17.0. The SMILES string of the molecule is Cc1cc(C)n(CC(=O)N2CCCC2c2nc(-c3ccccc3)n[nH]2)n1. The highest BCUT2D eigenvalue weighted by atomic mass is 16.2. The molecule has 1 aromatic carbocycles. The molecule has 0 saturated carbocycles. The van der Waals surface area contributed by atoms with E-state index in [1.54, 1.807) is 4.68 Å². The lowest BCUT2D eigenvalue weighted by molar-refractivity contribution is -0.133. The van der Waals surface area contributed by atoms with Crippen LogP contribution in [0.2, 0.25) is 0 Å². The number of amides is 1. The van der Waals surface area contributed by atoms with Crippen molar-refractivity contribution in [3.05, 3.63) is 53.6 Å². The first-order valence-corrected chi connectivity index (χ1v) is 8.90. The number of benzene rings is 1. The number of carbonyl (C=O) groups excluding carboxylic acids is 1. The zero-order valence-corrected chi connectivity index (χ0v) is 15.0. The van der Waals surface area contributed by atoms with E-state index >= 15 is 0 Å². The van der Waals surface area contributed by atoms with Gasteiger partial charge in [0.2, 0.25) is 5.91 Å². The zero-order chi connectivity index (χ0) is 18.1. The second kappa shape index (κ2) is 6.74. The van der Waals surface area contributed by atoms with Crippen LogP contribution in [-0.4, -0.2) is 42.3 Å². The molecule has 0 bridgehead atoms. The number of nitrogens with zero attached hydrogens (tertiary/aromatic N) is 5. The number of hydrogen-bond donors (Lipinski definition) is 1. The van der Waals surface area contributed by atoms with Crippen molar-refractivity contribution in [1.82, 2.24) is 29.9 Å². The Labute approximate surface area is 152 Å². The third-order valence-electron chi connectivity index (χ3n) is 4.81. The average Bonchev–Trinajstić information content (AvgIpc) is 3.35. The smallest absolute Gasteiger partial charge is 0.244 e. The van der Waals surface area contributed by atoms with Gasteiger partial charge in [0, 0.05) is 17.8 Å². The van der Waals surface area contributed by atoms with Crippen LogP contribution in [0.1, 0.15) is 36.1 Å². The van der Waals surface area contributed by atoms with Gasteiger partial charge in [0.05, 0.1) is 11.7 Å². The van der Waals surface area contributed by atoms with Crippen molar-refractivity contribution in [2.45, 2.75) is 39.3 Å². The van der Waals surface area contributed by atoms with E-state index in [2.05, 4.69) is 20.3 Å². The predicted octanol–water partition coefficient (Wildman–Crippen LogP) is 2.65. The van der Waals surface area contributed by atoms with Crippen molar-refractivity contribution in [3.8, 4) is 11.4 Å². The van der Waals surface area contributed by atoms with Crippen molar-refractivity contribution in [2.75, 3.05) is 6.54 Å². The summed E-state index contributed by atoms with van der Waals surface area (Å²) in [6.45, 7) is 4.91. The number of aromatic nitrogens is 5. The third-order valence-corrected chi connectivity index (χ3v) is 4.81. The number of H-pyrrole nitrogens is 1. The van der Waals surface area contributed by atoms with Gasteiger partial charge in [0.15, 0.2) is 5.82 Å². The van der Waals surface area contributed by atoms with E-state index in [0.717, 1.165) is 42.2 Å². The Kier molecular flexibility index (Phi) is 4.28. The summed E-state index contributed by atoms with van der Waals surface area (Å²) in [5.74, 6) is 1.48. The number of nitrogens with one attached hydrogen (secondary N) is 1. The number of hydrogen-bond acceptors (Lipinski definition) is 4. The molecule has 7 heteroatoms. The van der Waals surface area contributed by atoms with Gasteiger partial charge in [-0.25, -0.2) is 4.98 Å². The first-order valence-electron chi connectivity index (χ1n) is 8.90. The van der Waals surface area contributed by atoms with Gasteiger partial charge in [-0.3, -0.25) is 14.6 Å². The molecule has 1 aliphatic rings. The van der Waals surface area contributed by atoms with Gasteiger partial charge >= 0.3 is 0 Å². The Morgan fingerprint density at radius 1 is 1.27 bits per heavy atom. The van der Waals surface area contributed by atoms with E-state index in [9.17, 15) is 4.79 Å².